The van der Waals surface area contributed by atoms with Crippen molar-refractivity contribution in [2.24, 2.45) is 18.7 Å². The first kappa shape index (κ1) is 18.1. The number of ether oxygens (including phenoxy) is 1. The molecule has 1 aromatic carbocycles. The lowest BCUT2D eigenvalue weighted by Crippen LogP contribution is -2.45. The van der Waals surface area contributed by atoms with Gasteiger partial charge in [-0.2, -0.15) is 5.10 Å². The van der Waals surface area contributed by atoms with E-state index in [4.69, 9.17) is 10.5 Å². The van der Waals surface area contributed by atoms with E-state index in [1.165, 1.54) is 7.05 Å². The van der Waals surface area contributed by atoms with E-state index in [1.54, 1.807) is 38.1 Å². The molecule has 0 saturated heterocycles. The standard InChI is InChI=1S/C16H18N4O5/c1-8(2)12(13(21)18-16(17)24)25-15(23)11-9-6-4-5-7-10(9)14(22)20(3)19-11/h4-8,12H,1-3H3,(H3,17,18,21,24)/t12-/m1/s1. The Hall–Kier alpha value is -3.23. The summed E-state index contributed by atoms with van der Waals surface area (Å²) in [4.78, 5) is 47.5. The van der Waals surface area contributed by atoms with Crippen LogP contribution in [0.5, 0.6) is 0 Å². The molecular weight excluding hydrogens is 328 g/mol. The van der Waals surface area contributed by atoms with E-state index < -0.39 is 29.9 Å². The Balaban J connectivity index is 2.42. The monoisotopic (exact) mass is 346 g/mol. The second-order valence-corrected chi connectivity index (χ2v) is 5.75. The normalized spacial score (nSPS) is 12.0. The number of rotatable bonds is 4. The fraction of sp³-hybridized carbons (Fsp3) is 0.312. The van der Waals surface area contributed by atoms with Crippen LogP contribution in [-0.4, -0.2) is 33.8 Å². The molecule has 3 amide bonds. The van der Waals surface area contributed by atoms with Crippen LogP contribution in [0, 0.1) is 5.92 Å². The molecule has 1 heterocycles. The molecule has 2 rings (SSSR count). The van der Waals surface area contributed by atoms with Crippen molar-refractivity contribution in [1.29, 1.82) is 0 Å². The smallest absolute Gasteiger partial charge is 0.360 e. The number of esters is 1. The lowest BCUT2D eigenvalue weighted by Gasteiger charge is -2.20. The number of nitrogens with one attached hydrogen (secondary N) is 1. The van der Waals surface area contributed by atoms with Crippen LogP contribution < -0.4 is 16.6 Å². The summed E-state index contributed by atoms with van der Waals surface area (Å²) in [5, 5.41) is 6.44. The molecule has 3 N–H and O–H groups in total. The Morgan fingerprint density at radius 2 is 1.80 bits per heavy atom. The van der Waals surface area contributed by atoms with Gasteiger partial charge in [-0.25, -0.2) is 14.3 Å². The average Bonchev–Trinajstić information content (AvgIpc) is 2.54. The zero-order valence-corrected chi connectivity index (χ0v) is 14.0. The fourth-order valence-corrected chi connectivity index (χ4v) is 2.31. The number of benzene rings is 1. The lowest BCUT2D eigenvalue weighted by atomic mass is 10.1. The van der Waals surface area contributed by atoms with E-state index in [2.05, 4.69) is 5.10 Å². The summed E-state index contributed by atoms with van der Waals surface area (Å²) < 4.78 is 6.25. The van der Waals surface area contributed by atoms with Gasteiger partial charge in [0.15, 0.2) is 11.8 Å². The molecule has 0 bridgehead atoms. The minimum Gasteiger partial charge on any atom is -0.447 e. The number of aromatic nitrogens is 2. The largest absolute Gasteiger partial charge is 0.447 e. The quantitative estimate of drug-likeness (QED) is 0.765. The van der Waals surface area contributed by atoms with Crippen LogP contribution in [0.2, 0.25) is 0 Å². The number of carbonyl (C=O) groups is 3. The van der Waals surface area contributed by atoms with E-state index in [-0.39, 0.29) is 11.3 Å². The molecular formula is C16H18N4O5. The first-order chi connectivity index (χ1) is 11.7. The van der Waals surface area contributed by atoms with Gasteiger partial charge in [0.05, 0.1) is 5.39 Å². The van der Waals surface area contributed by atoms with Gasteiger partial charge in [0.1, 0.15) is 0 Å². The van der Waals surface area contributed by atoms with Crippen LogP contribution in [0.3, 0.4) is 0 Å². The van der Waals surface area contributed by atoms with Gasteiger partial charge in [0, 0.05) is 12.4 Å². The van der Waals surface area contributed by atoms with Gasteiger partial charge in [0.2, 0.25) is 0 Å². The number of hydrogen-bond donors (Lipinski definition) is 2. The highest BCUT2D eigenvalue weighted by molar-refractivity contribution is 6.03. The number of hydrogen-bond acceptors (Lipinski definition) is 6. The Kier molecular flexibility index (Phi) is 5.16. The summed E-state index contributed by atoms with van der Waals surface area (Å²) in [6.45, 7) is 3.29. The zero-order valence-electron chi connectivity index (χ0n) is 14.0. The van der Waals surface area contributed by atoms with E-state index in [9.17, 15) is 19.2 Å². The molecule has 1 aromatic heterocycles. The second kappa shape index (κ2) is 7.12. The average molecular weight is 346 g/mol. The number of nitrogens with zero attached hydrogens (tertiary/aromatic N) is 2. The van der Waals surface area contributed by atoms with Gasteiger partial charge in [-0.3, -0.25) is 14.9 Å². The van der Waals surface area contributed by atoms with Crippen LogP contribution in [0.15, 0.2) is 29.1 Å². The van der Waals surface area contributed by atoms with E-state index in [0.717, 1.165) is 4.68 Å². The maximum absolute atomic E-state index is 12.5. The summed E-state index contributed by atoms with van der Waals surface area (Å²) in [5.74, 6) is -2.13. The predicted octanol–water partition coefficient (Wildman–Crippen LogP) is 0.310. The van der Waals surface area contributed by atoms with E-state index >= 15 is 0 Å². The summed E-state index contributed by atoms with van der Waals surface area (Å²) in [6, 6.07) is 5.40. The molecule has 0 unspecified atom stereocenters. The van der Waals surface area contributed by atoms with Crippen molar-refractivity contribution in [3.63, 3.8) is 0 Å². The van der Waals surface area contributed by atoms with Crippen molar-refractivity contribution >= 4 is 28.7 Å². The number of aryl methyl sites for hydroxylation is 1. The fourth-order valence-electron chi connectivity index (χ4n) is 2.31. The maximum atomic E-state index is 12.5. The Morgan fingerprint density at radius 3 is 2.36 bits per heavy atom. The van der Waals surface area contributed by atoms with Crippen LogP contribution in [-0.2, 0) is 16.6 Å². The van der Waals surface area contributed by atoms with Gasteiger partial charge in [-0.15, -0.1) is 0 Å². The molecule has 9 heteroatoms. The Bertz CT molecular complexity index is 903. The molecule has 132 valence electrons. The first-order valence-corrected chi connectivity index (χ1v) is 7.49. The molecule has 2 aromatic rings. The topological polar surface area (TPSA) is 133 Å². The number of amides is 3. The van der Waals surface area contributed by atoms with Gasteiger partial charge in [0.25, 0.3) is 11.5 Å². The molecule has 0 fully saturated rings. The molecule has 0 spiro atoms. The highest BCUT2D eigenvalue weighted by Crippen LogP contribution is 2.16. The number of nitrogens with two attached hydrogens (primary N) is 1. The van der Waals surface area contributed by atoms with Gasteiger partial charge in [-0.1, -0.05) is 32.0 Å². The Labute approximate surface area is 142 Å². The minimum absolute atomic E-state index is 0.102. The summed E-state index contributed by atoms with van der Waals surface area (Å²) >= 11 is 0. The van der Waals surface area contributed by atoms with Crippen LogP contribution in [0.1, 0.15) is 24.3 Å². The van der Waals surface area contributed by atoms with Gasteiger partial charge < -0.3 is 10.5 Å². The summed E-state index contributed by atoms with van der Waals surface area (Å²) in [5.41, 5.74) is 4.46. The third-order valence-electron chi connectivity index (χ3n) is 3.49. The zero-order chi connectivity index (χ0) is 18.7. The van der Waals surface area contributed by atoms with E-state index in [1.807, 2.05) is 5.32 Å². The maximum Gasteiger partial charge on any atom is 0.360 e. The molecule has 0 aliphatic carbocycles. The molecule has 1 atom stereocenters. The highest BCUT2D eigenvalue weighted by atomic mass is 16.5. The van der Waals surface area contributed by atoms with Crippen LogP contribution in [0.4, 0.5) is 4.79 Å². The van der Waals surface area contributed by atoms with Gasteiger partial charge >= 0.3 is 12.0 Å². The summed E-state index contributed by atoms with van der Waals surface area (Å²) in [7, 11) is 1.41. The minimum atomic E-state index is -1.24. The number of fused-ring (bicyclic) bond motifs is 1. The number of urea groups is 1. The molecule has 0 radical (unpaired) electrons. The predicted molar refractivity (Wildman–Crippen MR) is 88.8 cm³/mol. The molecule has 0 aliphatic rings. The van der Waals surface area contributed by atoms with Gasteiger partial charge in [-0.05, 0) is 12.0 Å². The SMILES string of the molecule is CC(C)[C@@H](OC(=O)c1nn(C)c(=O)c2ccccc12)C(=O)NC(N)=O. The number of imide groups is 1. The molecule has 9 nitrogen and oxygen atoms in total. The third-order valence-corrected chi connectivity index (χ3v) is 3.49. The highest BCUT2D eigenvalue weighted by Gasteiger charge is 2.29. The van der Waals surface area contributed by atoms with Crippen LogP contribution in [0.25, 0.3) is 10.8 Å². The van der Waals surface area contributed by atoms with Crippen molar-refractivity contribution < 1.29 is 19.1 Å². The van der Waals surface area contributed by atoms with E-state index in [0.29, 0.717) is 10.8 Å². The molecule has 0 saturated carbocycles. The summed E-state index contributed by atoms with van der Waals surface area (Å²) in [6.07, 6.45) is -1.24. The second-order valence-electron chi connectivity index (χ2n) is 5.75. The first-order valence-electron chi connectivity index (χ1n) is 7.49. The third kappa shape index (κ3) is 3.82. The van der Waals surface area contributed by atoms with Crippen molar-refractivity contribution in [3.8, 4) is 0 Å². The Morgan fingerprint density at radius 1 is 1.20 bits per heavy atom. The van der Waals surface area contributed by atoms with Crippen LogP contribution >= 0.6 is 0 Å². The number of carbonyl (C=O) groups excluding carboxylic acids is 3. The van der Waals surface area contributed by atoms with Crippen molar-refractivity contribution in [2.45, 2.75) is 20.0 Å². The molecule has 25 heavy (non-hydrogen) atoms. The number of primary amides is 1. The molecule has 0 aliphatic heterocycles. The van der Waals surface area contributed by atoms with Crippen molar-refractivity contribution in [2.75, 3.05) is 0 Å². The lowest BCUT2D eigenvalue weighted by molar-refractivity contribution is -0.130. The van der Waals surface area contributed by atoms with Crippen molar-refractivity contribution in [3.05, 3.63) is 40.3 Å². The van der Waals surface area contributed by atoms with Crippen molar-refractivity contribution in [1.82, 2.24) is 15.1 Å².